The van der Waals surface area contributed by atoms with E-state index in [1.165, 1.54) is 26.5 Å². The summed E-state index contributed by atoms with van der Waals surface area (Å²) in [6, 6.07) is 0.106. The molecule has 1 aliphatic heterocycles. The molecular weight excluding hydrogens is 228 g/mol. The summed E-state index contributed by atoms with van der Waals surface area (Å²) in [4.78, 5) is 6.98. The van der Waals surface area contributed by atoms with Crippen molar-refractivity contribution in [1.29, 1.82) is 0 Å². The molecule has 88 valence electrons. The van der Waals surface area contributed by atoms with Crippen molar-refractivity contribution in [3.8, 4) is 0 Å². The summed E-state index contributed by atoms with van der Waals surface area (Å²) in [6.07, 6.45) is 7.53. The molecule has 1 N–H and O–H groups in total. The Bertz CT molecular complexity index is 521. The van der Waals surface area contributed by atoms with Gasteiger partial charge in [0.1, 0.15) is 6.04 Å². The lowest BCUT2D eigenvalue weighted by Gasteiger charge is -2.18. The monoisotopic (exact) mass is 244 g/mol. The summed E-state index contributed by atoms with van der Waals surface area (Å²) in [7, 11) is 0. The van der Waals surface area contributed by atoms with Gasteiger partial charge in [0.2, 0.25) is 0 Å². The van der Waals surface area contributed by atoms with Gasteiger partial charge in [-0.15, -0.1) is 11.3 Å². The highest BCUT2D eigenvalue weighted by atomic mass is 32.1. The molecule has 0 spiro atoms. The zero-order chi connectivity index (χ0) is 12.4. The molecule has 17 heavy (non-hydrogen) atoms. The van der Waals surface area contributed by atoms with E-state index in [2.05, 4.69) is 37.3 Å². The average molecular weight is 244 g/mol. The molecule has 1 atom stereocenters. The number of nitrogens with one attached hydrogen (secondary N) is 1. The second-order valence-corrected chi connectivity index (χ2v) is 5.25. The lowest BCUT2D eigenvalue weighted by molar-refractivity contribution is 0.816. The molecule has 1 unspecified atom stereocenters. The van der Waals surface area contributed by atoms with Crippen molar-refractivity contribution in [2.75, 3.05) is 0 Å². The zero-order valence-corrected chi connectivity index (χ0v) is 11.0. The zero-order valence-electron chi connectivity index (χ0n) is 10.2. The topological polar surface area (TPSA) is 24.4 Å². The largest absolute Gasteiger partial charge is 0.353 e. The van der Waals surface area contributed by atoms with Crippen LogP contribution in [-0.2, 0) is 0 Å². The van der Waals surface area contributed by atoms with E-state index < -0.39 is 0 Å². The molecule has 0 aromatic carbocycles. The molecule has 0 saturated heterocycles. The molecule has 0 amide bonds. The van der Waals surface area contributed by atoms with Crippen LogP contribution in [0.1, 0.15) is 33.8 Å². The Morgan fingerprint density at radius 2 is 2.12 bits per heavy atom. The Morgan fingerprint density at radius 3 is 2.71 bits per heavy atom. The standard InChI is InChI=1S/C14H16N2S/c1-5-11-12(6-2)17-10(4)13(11)14-9(3)7-15-8-16-14/h5-8,14H,1-2H2,3-4H3,(H,15,16). The minimum atomic E-state index is 0.106. The van der Waals surface area contributed by atoms with Gasteiger partial charge in [0.25, 0.3) is 0 Å². The second kappa shape index (κ2) is 4.72. The Kier molecular flexibility index (Phi) is 3.29. The fourth-order valence-electron chi connectivity index (χ4n) is 2.08. The maximum absolute atomic E-state index is 4.52. The first-order valence-electron chi connectivity index (χ1n) is 5.51. The highest BCUT2D eigenvalue weighted by Crippen LogP contribution is 2.39. The van der Waals surface area contributed by atoms with Crippen molar-refractivity contribution in [3.05, 3.63) is 45.8 Å². The molecular formula is C14H16N2S. The second-order valence-electron chi connectivity index (χ2n) is 3.99. The molecule has 1 aromatic rings. The van der Waals surface area contributed by atoms with Crippen LogP contribution in [0.25, 0.3) is 12.2 Å². The van der Waals surface area contributed by atoms with Crippen molar-refractivity contribution >= 4 is 29.8 Å². The minimum Gasteiger partial charge on any atom is -0.353 e. The van der Waals surface area contributed by atoms with Gasteiger partial charge in [-0.25, -0.2) is 0 Å². The number of rotatable bonds is 3. The van der Waals surface area contributed by atoms with Crippen LogP contribution in [0, 0.1) is 6.92 Å². The number of hydrogen-bond acceptors (Lipinski definition) is 3. The molecule has 3 heteroatoms. The first kappa shape index (κ1) is 11.9. The Morgan fingerprint density at radius 1 is 1.35 bits per heavy atom. The third-order valence-electron chi connectivity index (χ3n) is 2.90. The van der Waals surface area contributed by atoms with Gasteiger partial charge in [-0.3, -0.25) is 4.99 Å². The summed E-state index contributed by atoms with van der Waals surface area (Å²) < 4.78 is 0. The minimum absolute atomic E-state index is 0.106. The maximum Gasteiger partial charge on any atom is 0.101 e. The third-order valence-corrected chi connectivity index (χ3v) is 4.03. The number of aliphatic imine (C=N–C) groups is 1. The van der Waals surface area contributed by atoms with E-state index in [-0.39, 0.29) is 6.04 Å². The van der Waals surface area contributed by atoms with Crippen molar-refractivity contribution < 1.29 is 0 Å². The third kappa shape index (κ3) is 1.98. The van der Waals surface area contributed by atoms with E-state index in [9.17, 15) is 0 Å². The lowest BCUT2D eigenvalue weighted by atomic mass is 9.96. The summed E-state index contributed by atoms with van der Waals surface area (Å²) in [5, 5.41) is 3.02. The van der Waals surface area contributed by atoms with E-state index in [0.717, 1.165) is 0 Å². The average Bonchev–Trinajstić information content (AvgIpc) is 2.66. The smallest absolute Gasteiger partial charge is 0.101 e. The fourth-order valence-corrected chi connectivity index (χ4v) is 3.13. The number of hydrogen-bond donors (Lipinski definition) is 1. The SMILES string of the molecule is C=Cc1sc(C)c(C2N=CNC=C2C)c1C=C. The quantitative estimate of drug-likeness (QED) is 0.856. The van der Waals surface area contributed by atoms with Gasteiger partial charge in [0.05, 0.1) is 6.34 Å². The van der Waals surface area contributed by atoms with E-state index in [0.29, 0.717) is 0 Å². The summed E-state index contributed by atoms with van der Waals surface area (Å²) >= 11 is 1.75. The Hall–Kier alpha value is -1.61. The van der Waals surface area contributed by atoms with Crippen molar-refractivity contribution in [2.45, 2.75) is 19.9 Å². The molecule has 2 nitrogen and oxygen atoms in total. The molecule has 0 aliphatic carbocycles. The number of nitrogens with zero attached hydrogens (tertiary/aromatic N) is 1. The van der Waals surface area contributed by atoms with Crippen LogP contribution >= 0.6 is 11.3 Å². The molecule has 2 heterocycles. The predicted molar refractivity (Wildman–Crippen MR) is 77.4 cm³/mol. The normalized spacial score (nSPS) is 18.5. The predicted octanol–water partition coefficient (Wildman–Crippen LogP) is 3.92. The van der Waals surface area contributed by atoms with Gasteiger partial charge >= 0.3 is 0 Å². The molecule has 1 aliphatic rings. The molecule has 0 fully saturated rings. The molecule has 1 aromatic heterocycles. The molecule has 0 saturated carbocycles. The first-order valence-corrected chi connectivity index (χ1v) is 6.33. The highest BCUT2D eigenvalue weighted by Gasteiger charge is 2.22. The summed E-state index contributed by atoms with van der Waals surface area (Å²) in [5.74, 6) is 0. The van der Waals surface area contributed by atoms with Gasteiger partial charge < -0.3 is 5.32 Å². The maximum atomic E-state index is 4.52. The molecule has 2 rings (SSSR count). The van der Waals surface area contributed by atoms with Crippen molar-refractivity contribution in [3.63, 3.8) is 0 Å². The molecule has 0 radical (unpaired) electrons. The van der Waals surface area contributed by atoms with Crippen LogP contribution in [0.4, 0.5) is 0 Å². The van der Waals surface area contributed by atoms with E-state index in [4.69, 9.17) is 0 Å². The van der Waals surface area contributed by atoms with E-state index in [1.807, 2.05) is 18.4 Å². The highest BCUT2D eigenvalue weighted by molar-refractivity contribution is 7.13. The van der Waals surface area contributed by atoms with Gasteiger partial charge in [-0.05, 0) is 25.0 Å². The number of thiophene rings is 1. The molecule has 0 bridgehead atoms. The fraction of sp³-hybridized carbons (Fsp3) is 0.214. The first-order chi connectivity index (χ1) is 8.19. The van der Waals surface area contributed by atoms with Crippen molar-refractivity contribution in [2.24, 2.45) is 4.99 Å². The Labute approximate surface area is 106 Å². The Balaban J connectivity index is 2.58. The van der Waals surface area contributed by atoms with Crippen LogP contribution in [0.3, 0.4) is 0 Å². The van der Waals surface area contributed by atoms with Gasteiger partial charge in [0, 0.05) is 21.5 Å². The van der Waals surface area contributed by atoms with Crippen LogP contribution in [0.15, 0.2) is 29.9 Å². The van der Waals surface area contributed by atoms with Crippen molar-refractivity contribution in [1.82, 2.24) is 5.32 Å². The van der Waals surface area contributed by atoms with Gasteiger partial charge in [-0.2, -0.15) is 0 Å². The van der Waals surface area contributed by atoms with Crippen LogP contribution in [0.5, 0.6) is 0 Å². The van der Waals surface area contributed by atoms with E-state index in [1.54, 1.807) is 17.7 Å². The summed E-state index contributed by atoms with van der Waals surface area (Å²) in [5.41, 5.74) is 3.64. The number of aryl methyl sites for hydroxylation is 1. The van der Waals surface area contributed by atoms with E-state index >= 15 is 0 Å². The lowest BCUT2D eigenvalue weighted by Crippen LogP contribution is -2.13. The van der Waals surface area contributed by atoms with Gasteiger partial charge in [-0.1, -0.05) is 25.3 Å². The van der Waals surface area contributed by atoms with Crippen LogP contribution in [-0.4, -0.2) is 6.34 Å². The van der Waals surface area contributed by atoms with Crippen LogP contribution in [0.2, 0.25) is 0 Å². The summed E-state index contributed by atoms with van der Waals surface area (Å²) in [6.45, 7) is 12.0. The van der Waals surface area contributed by atoms with Gasteiger partial charge in [0.15, 0.2) is 0 Å². The van der Waals surface area contributed by atoms with Crippen LogP contribution < -0.4 is 5.32 Å².